The Bertz CT molecular complexity index is 573. The number of hydrogen-bond donors (Lipinski definition) is 2. The van der Waals surface area contributed by atoms with Gasteiger partial charge < -0.3 is 10.7 Å². The van der Waals surface area contributed by atoms with Crippen molar-refractivity contribution in [1.82, 2.24) is 9.97 Å². The number of nitrogens with zero attached hydrogens (tertiary/aromatic N) is 1. The van der Waals surface area contributed by atoms with Crippen LogP contribution in [-0.4, -0.2) is 9.97 Å². The number of rotatable bonds is 2. The summed E-state index contributed by atoms with van der Waals surface area (Å²) in [5.74, 6) is 0. The average molecular weight is 308 g/mol. The van der Waals surface area contributed by atoms with Crippen LogP contribution in [0.1, 0.15) is 27.9 Å². The minimum Gasteiger partial charge on any atom is -0.335 e. The minimum atomic E-state index is 0.458. The first kappa shape index (κ1) is 13.3. The highest BCUT2D eigenvalue weighted by molar-refractivity contribution is 9.10. The van der Waals surface area contributed by atoms with Gasteiger partial charge in [-0.3, -0.25) is 0 Å². The van der Waals surface area contributed by atoms with E-state index in [1.54, 1.807) is 0 Å². The Morgan fingerprint density at radius 2 is 1.72 bits per heavy atom. The highest BCUT2D eigenvalue weighted by Crippen LogP contribution is 2.33. The second-order valence-electron chi connectivity index (χ2n) is 4.69. The van der Waals surface area contributed by atoms with Crippen molar-refractivity contribution in [2.24, 2.45) is 5.73 Å². The normalized spacial score (nSPS) is 11.0. The molecule has 0 aliphatic heterocycles. The van der Waals surface area contributed by atoms with Gasteiger partial charge in [-0.15, -0.1) is 0 Å². The van der Waals surface area contributed by atoms with Crippen molar-refractivity contribution in [1.29, 1.82) is 0 Å². The first-order valence-electron chi connectivity index (χ1n) is 5.98. The van der Waals surface area contributed by atoms with Gasteiger partial charge in [0.25, 0.3) is 0 Å². The Morgan fingerprint density at radius 3 is 2.22 bits per heavy atom. The lowest BCUT2D eigenvalue weighted by Gasteiger charge is -2.14. The van der Waals surface area contributed by atoms with Gasteiger partial charge in [0.2, 0.25) is 0 Å². The van der Waals surface area contributed by atoms with Gasteiger partial charge in [0.15, 0.2) is 4.73 Å². The maximum absolute atomic E-state index is 5.79. The monoisotopic (exact) mass is 307 g/mol. The molecule has 0 spiro atoms. The fraction of sp³-hybridized carbons (Fsp3) is 0.357. The molecule has 2 aromatic rings. The predicted octanol–water partition coefficient (Wildman–Crippen LogP) is 3.53. The lowest BCUT2D eigenvalue weighted by atomic mass is 9.91. The molecular formula is C14H18BrN3. The summed E-state index contributed by atoms with van der Waals surface area (Å²) in [5, 5.41) is 0. The molecule has 0 fully saturated rings. The van der Waals surface area contributed by atoms with Gasteiger partial charge in [0.1, 0.15) is 0 Å². The van der Waals surface area contributed by atoms with Crippen LogP contribution in [0.2, 0.25) is 0 Å². The van der Waals surface area contributed by atoms with Gasteiger partial charge in [-0.05, 0) is 65.9 Å². The number of halogens is 1. The van der Waals surface area contributed by atoms with Crippen LogP contribution in [0.3, 0.4) is 0 Å². The topological polar surface area (TPSA) is 54.7 Å². The van der Waals surface area contributed by atoms with E-state index in [-0.39, 0.29) is 0 Å². The molecular weight excluding hydrogens is 290 g/mol. The second-order valence-corrected chi connectivity index (χ2v) is 5.45. The molecule has 0 saturated heterocycles. The van der Waals surface area contributed by atoms with E-state index in [1.807, 2.05) is 0 Å². The van der Waals surface area contributed by atoms with E-state index in [9.17, 15) is 0 Å². The minimum absolute atomic E-state index is 0.458. The van der Waals surface area contributed by atoms with E-state index >= 15 is 0 Å². The van der Waals surface area contributed by atoms with Gasteiger partial charge in [0.05, 0.1) is 11.4 Å². The number of H-pyrrole nitrogens is 1. The summed E-state index contributed by atoms with van der Waals surface area (Å²) in [6.07, 6.45) is 0. The largest absolute Gasteiger partial charge is 0.335 e. The zero-order valence-electron chi connectivity index (χ0n) is 11.2. The van der Waals surface area contributed by atoms with E-state index in [1.165, 1.54) is 27.8 Å². The Labute approximate surface area is 116 Å². The molecule has 0 aliphatic rings. The van der Waals surface area contributed by atoms with Crippen LogP contribution in [0.4, 0.5) is 0 Å². The van der Waals surface area contributed by atoms with Crippen LogP contribution in [-0.2, 0) is 6.54 Å². The Kier molecular flexibility index (Phi) is 3.59. The number of nitrogens with one attached hydrogen (secondary N) is 1. The number of nitrogens with two attached hydrogens (primary N) is 1. The number of aromatic amines is 1. The van der Waals surface area contributed by atoms with Crippen LogP contribution in [0.25, 0.3) is 11.3 Å². The summed E-state index contributed by atoms with van der Waals surface area (Å²) in [4.78, 5) is 7.70. The van der Waals surface area contributed by atoms with Crippen LogP contribution >= 0.6 is 15.9 Å². The van der Waals surface area contributed by atoms with Gasteiger partial charge in [-0.2, -0.15) is 0 Å². The predicted molar refractivity (Wildman–Crippen MR) is 78.6 cm³/mol. The molecule has 2 rings (SSSR count). The summed E-state index contributed by atoms with van der Waals surface area (Å²) in [5.41, 5.74) is 14.0. The number of hydrogen-bond acceptors (Lipinski definition) is 2. The first-order chi connectivity index (χ1) is 8.45. The smallest absolute Gasteiger partial charge is 0.175 e. The molecule has 1 aromatic carbocycles. The molecule has 4 heteroatoms. The maximum Gasteiger partial charge on any atom is 0.175 e. The van der Waals surface area contributed by atoms with Gasteiger partial charge in [0, 0.05) is 12.1 Å². The third-order valence-electron chi connectivity index (χ3n) is 3.56. The molecule has 0 saturated carbocycles. The highest BCUT2D eigenvalue weighted by Gasteiger charge is 2.16. The van der Waals surface area contributed by atoms with E-state index in [4.69, 9.17) is 5.73 Å². The van der Waals surface area contributed by atoms with E-state index < -0.39 is 0 Å². The maximum atomic E-state index is 5.79. The van der Waals surface area contributed by atoms with Crippen molar-refractivity contribution >= 4 is 15.9 Å². The van der Waals surface area contributed by atoms with Crippen molar-refractivity contribution in [3.63, 3.8) is 0 Å². The summed E-state index contributed by atoms with van der Waals surface area (Å²) in [6, 6.07) is 2.22. The molecule has 0 radical (unpaired) electrons. The fourth-order valence-corrected chi connectivity index (χ4v) is 2.72. The van der Waals surface area contributed by atoms with Crippen LogP contribution in [0, 0.1) is 27.7 Å². The van der Waals surface area contributed by atoms with Gasteiger partial charge in [-0.1, -0.05) is 6.07 Å². The van der Waals surface area contributed by atoms with Crippen LogP contribution < -0.4 is 5.73 Å². The first-order valence-corrected chi connectivity index (χ1v) is 6.77. The fourth-order valence-electron chi connectivity index (χ4n) is 2.30. The van der Waals surface area contributed by atoms with Crippen LogP contribution in [0.5, 0.6) is 0 Å². The SMILES string of the molecule is Cc1cc(C)c(C)c(-c2nc(Br)[nH]c2CN)c1C. The van der Waals surface area contributed by atoms with Crippen molar-refractivity contribution in [2.45, 2.75) is 34.2 Å². The van der Waals surface area contributed by atoms with Crippen molar-refractivity contribution in [2.75, 3.05) is 0 Å². The van der Waals surface area contributed by atoms with E-state index in [0.29, 0.717) is 6.54 Å². The molecule has 0 unspecified atom stereocenters. The lowest BCUT2D eigenvalue weighted by Crippen LogP contribution is -2.02. The zero-order chi connectivity index (χ0) is 13.4. The molecule has 96 valence electrons. The second kappa shape index (κ2) is 4.86. The van der Waals surface area contributed by atoms with Crippen LogP contribution in [0.15, 0.2) is 10.8 Å². The van der Waals surface area contributed by atoms with Crippen molar-refractivity contribution < 1.29 is 0 Å². The third-order valence-corrected chi connectivity index (χ3v) is 3.93. The molecule has 0 atom stereocenters. The Hall–Kier alpha value is -1.13. The summed E-state index contributed by atoms with van der Waals surface area (Å²) in [6.45, 7) is 9.00. The summed E-state index contributed by atoms with van der Waals surface area (Å²) in [7, 11) is 0. The molecule has 0 aliphatic carbocycles. The van der Waals surface area contributed by atoms with Gasteiger partial charge >= 0.3 is 0 Å². The highest BCUT2D eigenvalue weighted by atomic mass is 79.9. The molecule has 0 bridgehead atoms. The van der Waals surface area contributed by atoms with Crippen molar-refractivity contribution in [3.8, 4) is 11.3 Å². The summed E-state index contributed by atoms with van der Waals surface area (Å²) < 4.78 is 0.732. The average Bonchev–Trinajstić information content (AvgIpc) is 2.68. The lowest BCUT2D eigenvalue weighted by molar-refractivity contribution is 1.01. The molecule has 1 aromatic heterocycles. The number of imidazole rings is 1. The number of aryl methyl sites for hydroxylation is 2. The third kappa shape index (κ3) is 2.10. The van der Waals surface area contributed by atoms with E-state index in [2.05, 4.69) is 59.7 Å². The summed E-state index contributed by atoms with van der Waals surface area (Å²) >= 11 is 3.39. The Balaban J connectivity index is 2.77. The quantitative estimate of drug-likeness (QED) is 0.891. The number of aromatic nitrogens is 2. The van der Waals surface area contributed by atoms with E-state index in [0.717, 1.165) is 16.1 Å². The Morgan fingerprint density at radius 1 is 1.17 bits per heavy atom. The molecule has 1 heterocycles. The molecule has 3 N–H and O–H groups in total. The number of benzene rings is 1. The zero-order valence-corrected chi connectivity index (χ0v) is 12.8. The standard InChI is InChI=1S/C14H18BrN3/c1-7-5-8(2)10(4)12(9(7)3)13-11(6-16)17-14(15)18-13/h5H,6,16H2,1-4H3,(H,17,18). The van der Waals surface area contributed by atoms with Crippen molar-refractivity contribution in [3.05, 3.63) is 38.7 Å². The van der Waals surface area contributed by atoms with Gasteiger partial charge in [-0.25, -0.2) is 4.98 Å². The molecule has 0 amide bonds. The molecule has 18 heavy (non-hydrogen) atoms. The molecule has 3 nitrogen and oxygen atoms in total.